The lowest BCUT2D eigenvalue weighted by Gasteiger charge is -2.19. The van der Waals surface area contributed by atoms with Crippen LogP contribution in [-0.4, -0.2) is 40.5 Å². The molecular formula is C20H27N3O3S. The van der Waals surface area contributed by atoms with Crippen molar-refractivity contribution in [2.24, 2.45) is 0 Å². The molecule has 2 aromatic carbocycles. The van der Waals surface area contributed by atoms with Crippen LogP contribution in [0, 0.1) is 0 Å². The molecule has 0 fully saturated rings. The summed E-state index contributed by atoms with van der Waals surface area (Å²) in [6.45, 7) is 4.88. The summed E-state index contributed by atoms with van der Waals surface area (Å²) >= 11 is 0. The molecule has 0 aliphatic heterocycles. The van der Waals surface area contributed by atoms with E-state index >= 15 is 0 Å². The zero-order chi connectivity index (χ0) is 19.9. The number of para-hydroxylation sites is 1. The van der Waals surface area contributed by atoms with Crippen LogP contribution in [-0.2, 0) is 10.0 Å². The second-order valence-electron chi connectivity index (χ2n) is 6.47. The van der Waals surface area contributed by atoms with Crippen molar-refractivity contribution in [1.82, 2.24) is 10.0 Å². The number of hydrogen-bond donors (Lipinski definition) is 2. The van der Waals surface area contributed by atoms with E-state index in [1.54, 1.807) is 0 Å². The van der Waals surface area contributed by atoms with Gasteiger partial charge < -0.3 is 10.2 Å². The molecule has 1 atom stereocenters. The molecule has 0 aliphatic carbocycles. The van der Waals surface area contributed by atoms with Gasteiger partial charge in [0.25, 0.3) is 5.91 Å². The van der Waals surface area contributed by atoms with Crippen LogP contribution >= 0.6 is 0 Å². The maximum Gasteiger partial charge on any atom is 0.251 e. The monoisotopic (exact) mass is 389 g/mol. The summed E-state index contributed by atoms with van der Waals surface area (Å²) in [5.74, 6) is -0.227. The van der Waals surface area contributed by atoms with Crippen molar-refractivity contribution in [3.8, 4) is 0 Å². The highest BCUT2D eigenvalue weighted by molar-refractivity contribution is 7.89. The van der Waals surface area contributed by atoms with Crippen molar-refractivity contribution in [3.05, 3.63) is 60.2 Å². The third kappa shape index (κ3) is 6.08. The van der Waals surface area contributed by atoms with E-state index in [4.69, 9.17) is 0 Å². The number of likely N-dealkylation sites (N-methyl/N-ethyl adjacent to an activating group) is 1. The molecule has 0 aromatic heterocycles. The Labute approximate surface area is 161 Å². The summed E-state index contributed by atoms with van der Waals surface area (Å²) in [4.78, 5) is 14.5. The molecule has 1 amide bonds. The van der Waals surface area contributed by atoms with Crippen molar-refractivity contribution in [2.75, 3.05) is 25.0 Å². The lowest BCUT2D eigenvalue weighted by molar-refractivity contribution is 0.0954. The SMILES string of the molecule is CCC(C)NS(=O)(=O)c1ccc(C(=O)NCCN(C)c2ccccc2)cc1. The first-order chi connectivity index (χ1) is 12.8. The Morgan fingerprint density at radius 3 is 2.30 bits per heavy atom. The molecule has 0 saturated carbocycles. The van der Waals surface area contributed by atoms with Gasteiger partial charge in [0.2, 0.25) is 10.0 Å². The Hall–Kier alpha value is -2.38. The molecule has 0 radical (unpaired) electrons. The van der Waals surface area contributed by atoms with Gasteiger partial charge in [-0.15, -0.1) is 0 Å². The van der Waals surface area contributed by atoms with E-state index in [9.17, 15) is 13.2 Å². The zero-order valence-corrected chi connectivity index (χ0v) is 16.8. The molecule has 27 heavy (non-hydrogen) atoms. The van der Waals surface area contributed by atoms with Gasteiger partial charge >= 0.3 is 0 Å². The van der Waals surface area contributed by atoms with Gasteiger partial charge in [0.15, 0.2) is 0 Å². The van der Waals surface area contributed by atoms with Crippen LogP contribution in [0.5, 0.6) is 0 Å². The number of sulfonamides is 1. The molecule has 2 aromatic rings. The summed E-state index contributed by atoms with van der Waals surface area (Å²) in [7, 11) is -1.60. The molecule has 0 bridgehead atoms. The molecule has 0 aliphatic rings. The third-order valence-corrected chi connectivity index (χ3v) is 5.93. The van der Waals surface area contributed by atoms with Gasteiger partial charge in [0, 0.05) is 37.4 Å². The highest BCUT2D eigenvalue weighted by Gasteiger charge is 2.17. The third-order valence-electron chi connectivity index (χ3n) is 4.33. The number of nitrogens with one attached hydrogen (secondary N) is 2. The van der Waals surface area contributed by atoms with Crippen molar-refractivity contribution < 1.29 is 13.2 Å². The van der Waals surface area contributed by atoms with Crippen molar-refractivity contribution in [1.29, 1.82) is 0 Å². The number of amides is 1. The van der Waals surface area contributed by atoms with E-state index in [2.05, 4.69) is 14.9 Å². The van der Waals surface area contributed by atoms with Crippen LogP contribution in [0.4, 0.5) is 5.69 Å². The summed E-state index contributed by atoms with van der Waals surface area (Å²) in [6, 6.07) is 15.7. The van der Waals surface area contributed by atoms with E-state index < -0.39 is 10.0 Å². The minimum atomic E-state index is -3.56. The van der Waals surface area contributed by atoms with Crippen LogP contribution in [0.15, 0.2) is 59.5 Å². The van der Waals surface area contributed by atoms with Crippen molar-refractivity contribution in [3.63, 3.8) is 0 Å². The van der Waals surface area contributed by atoms with E-state index in [1.807, 2.05) is 51.2 Å². The number of nitrogens with zero attached hydrogens (tertiary/aromatic N) is 1. The fourth-order valence-electron chi connectivity index (χ4n) is 2.45. The fourth-order valence-corrected chi connectivity index (χ4v) is 3.78. The Bertz CT molecular complexity index is 837. The number of carbonyl (C=O) groups excluding carboxylic acids is 1. The fraction of sp³-hybridized carbons (Fsp3) is 0.350. The van der Waals surface area contributed by atoms with Crippen LogP contribution in [0.3, 0.4) is 0 Å². The van der Waals surface area contributed by atoms with Gasteiger partial charge in [-0.3, -0.25) is 4.79 Å². The van der Waals surface area contributed by atoms with E-state index in [0.717, 1.165) is 5.69 Å². The lowest BCUT2D eigenvalue weighted by Crippen LogP contribution is -2.33. The molecule has 1 unspecified atom stereocenters. The Balaban J connectivity index is 1.90. The maximum absolute atomic E-state index is 12.3. The normalized spacial score (nSPS) is 12.4. The van der Waals surface area contributed by atoms with Gasteiger partial charge in [0.05, 0.1) is 4.90 Å². The first-order valence-corrected chi connectivity index (χ1v) is 10.5. The van der Waals surface area contributed by atoms with Gasteiger partial charge in [0.1, 0.15) is 0 Å². The number of anilines is 1. The summed E-state index contributed by atoms with van der Waals surface area (Å²) in [6.07, 6.45) is 0.706. The molecule has 2 N–H and O–H groups in total. The zero-order valence-electron chi connectivity index (χ0n) is 16.0. The van der Waals surface area contributed by atoms with E-state index in [1.165, 1.54) is 24.3 Å². The van der Waals surface area contributed by atoms with E-state index in [-0.39, 0.29) is 16.8 Å². The molecule has 0 spiro atoms. The van der Waals surface area contributed by atoms with Crippen LogP contribution in [0.2, 0.25) is 0 Å². The second kappa shape index (κ2) is 9.53. The molecule has 2 rings (SSSR count). The highest BCUT2D eigenvalue weighted by atomic mass is 32.2. The predicted molar refractivity (Wildman–Crippen MR) is 109 cm³/mol. The van der Waals surface area contributed by atoms with Crippen molar-refractivity contribution >= 4 is 21.6 Å². The predicted octanol–water partition coefficient (Wildman–Crippen LogP) is 2.63. The van der Waals surface area contributed by atoms with Gasteiger partial charge in [-0.05, 0) is 49.7 Å². The standard InChI is InChI=1S/C20H27N3O3S/c1-4-16(2)22-27(25,26)19-12-10-17(11-13-19)20(24)21-14-15-23(3)18-8-6-5-7-9-18/h5-13,16,22H,4,14-15H2,1-3H3,(H,21,24). The Morgan fingerprint density at radius 2 is 1.70 bits per heavy atom. The van der Waals surface area contributed by atoms with Crippen LogP contribution in [0.25, 0.3) is 0 Å². The average Bonchev–Trinajstić information content (AvgIpc) is 2.68. The number of benzene rings is 2. The van der Waals surface area contributed by atoms with Crippen LogP contribution in [0.1, 0.15) is 30.6 Å². The number of hydrogen-bond acceptors (Lipinski definition) is 4. The molecule has 0 heterocycles. The topological polar surface area (TPSA) is 78.5 Å². The Kier molecular flexibility index (Phi) is 7.38. The number of carbonyl (C=O) groups is 1. The number of rotatable bonds is 9. The molecule has 0 saturated heterocycles. The summed E-state index contributed by atoms with van der Waals surface area (Å²) in [5, 5.41) is 2.85. The quantitative estimate of drug-likeness (QED) is 0.691. The summed E-state index contributed by atoms with van der Waals surface area (Å²) in [5.41, 5.74) is 1.51. The van der Waals surface area contributed by atoms with Gasteiger partial charge in [-0.1, -0.05) is 25.1 Å². The highest BCUT2D eigenvalue weighted by Crippen LogP contribution is 2.12. The minimum absolute atomic E-state index is 0.139. The first-order valence-electron chi connectivity index (χ1n) is 9.00. The first kappa shape index (κ1) is 20.9. The summed E-state index contributed by atoms with van der Waals surface area (Å²) < 4.78 is 27.1. The average molecular weight is 390 g/mol. The molecule has 7 heteroatoms. The molecule has 146 valence electrons. The minimum Gasteiger partial charge on any atom is -0.373 e. The van der Waals surface area contributed by atoms with Gasteiger partial charge in [-0.2, -0.15) is 0 Å². The smallest absolute Gasteiger partial charge is 0.251 e. The maximum atomic E-state index is 12.3. The van der Waals surface area contributed by atoms with E-state index in [0.29, 0.717) is 25.1 Å². The van der Waals surface area contributed by atoms with Gasteiger partial charge in [-0.25, -0.2) is 13.1 Å². The second-order valence-corrected chi connectivity index (χ2v) is 8.18. The van der Waals surface area contributed by atoms with Crippen LogP contribution < -0.4 is 14.9 Å². The lowest BCUT2D eigenvalue weighted by atomic mass is 10.2. The largest absolute Gasteiger partial charge is 0.373 e. The molecule has 6 nitrogen and oxygen atoms in total. The van der Waals surface area contributed by atoms with Crippen molar-refractivity contribution in [2.45, 2.75) is 31.2 Å². The molecular weight excluding hydrogens is 362 g/mol. The Morgan fingerprint density at radius 1 is 1.07 bits per heavy atom.